The van der Waals surface area contributed by atoms with E-state index in [1.54, 1.807) is 0 Å². The molecule has 0 saturated heterocycles. The molecule has 3 aromatic rings. The first kappa shape index (κ1) is 19.3. The Hall–Kier alpha value is -2.44. The fraction of sp³-hybridized carbons (Fsp3) is 0.190. The smallest absolute Gasteiger partial charge is 0.298 e. The van der Waals surface area contributed by atoms with Crippen LogP contribution in [0.25, 0.3) is 21.8 Å². The van der Waals surface area contributed by atoms with Crippen LogP contribution in [0.5, 0.6) is 0 Å². The molecule has 0 aliphatic carbocycles. The zero-order valence-corrected chi connectivity index (χ0v) is 15.6. The first-order valence-electron chi connectivity index (χ1n) is 8.39. The molecule has 140 valence electrons. The summed E-state index contributed by atoms with van der Waals surface area (Å²) in [5.41, 5.74) is 3.03. The molecule has 2 aromatic carbocycles. The molecule has 0 fully saturated rings. The molecule has 0 bridgehead atoms. The first-order valence-corrected chi connectivity index (χ1v) is 9.26. The van der Waals surface area contributed by atoms with E-state index in [2.05, 4.69) is 28.6 Å². The number of aromatic nitrogens is 1. The predicted molar refractivity (Wildman–Crippen MR) is 105 cm³/mol. The van der Waals surface area contributed by atoms with Gasteiger partial charge >= 0.3 is 6.18 Å². The molecule has 0 unspecified atom stereocenters. The van der Waals surface area contributed by atoms with Gasteiger partial charge in [-0.1, -0.05) is 42.5 Å². The van der Waals surface area contributed by atoms with E-state index in [1.165, 1.54) is 29.0 Å². The van der Waals surface area contributed by atoms with Gasteiger partial charge in [-0.25, -0.2) is 4.98 Å². The van der Waals surface area contributed by atoms with Gasteiger partial charge in [0.1, 0.15) is 5.01 Å². The lowest BCUT2D eigenvalue weighted by atomic mass is 10.1. The summed E-state index contributed by atoms with van der Waals surface area (Å²) in [6, 6.07) is 13.3. The summed E-state index contributed by atoms with van der Waals surface area (Å²) in [5, 5.41) is 2.62. The Kier molecular flexibility index (Phi) is 5.77. The van der Waals surface area contributed by atoms with E-state index >= 15 is 0 Å². The van der Waals surface area contributed by atoms with E-state index in [0.717, 1.165) is 36.5 Å². The average molecular weight is 388 g/mol. The maximum atomic E-state index is 12.7. The number of alkyl halides is 3. The van der Waals surface area contributed by atoms with Gasteiger partial charge in [0.05, 0.1) is 11.3 Å². The highest BCUT2D eigenvalue weighted by molar-refractivity contribution is 7.13. The molecule has 1 aromatic heterocycles. The Morgan fingerprint density at radius 1 is 1.04 bits per heavy atom. The topological polar surface area (TPSA) is 16.1 Å². The Labute approximate surface area is 160 Å². The van der Waals surface area contributed by atoms with Crippen LogP contribution in [0, 0.1) is 0 Å². The third-order valence-electron chi connectivity index (χ3n) is 4.11. The third kappa shape index (κ3) is 4.84. The average Bonchev–Trinajstić information content (AvgIpc) is 3.12. The van der Waals surface area contributed by atoms with Crippen molar-refractivity contribution in [3.05, 3.63) is 77.7 Å². The molecule has 0 aliphatic heterocycles. The quantitative estimate of drug-likeness (QED) is 0.473. The van der Waals surface area contributed by atoms with Gasteiger partial charge in [0.15, 0.2) is 0 Å². The minimum absolute atomic E-state index is 0.653. The molecule has 2 nitrogen and oxygen atoms in total. The van der Waals surface area contributed by atoms with Crippen LogP contribution in [0.4, 0.5) is 13.2 Å². The Morgan fingerprint density at radius 3 is 2.26 bits per heavy atom. The molecule has 0 amide bonds. The molecule has 1 heterocycles. The zero-order chi connectivity index (χ0) is 19.4. The molecule has 0 saturated carbocycles. The van der Waals surface area contributed by atoms with Crippen molar-refractivity contribution in [3.8, 4) is 21.8 Å². The van der Waals surface area contributed by atoms with E-state index < -0.39 is 11.7 Å². The lowest BCUT2D eigenvalue weighted by Crippen LogP contribution is -2.17. The van der Waals surface area contributed by atoms with Gasteiger partial charge in [-0.2, -0.15) is 13.2 Å². The molecule has 0 spiro atoms. The number of hydrogen-bond donors (Lipinski definition) is 0. The molecule has 0 aliphatic rings. The Bertz CT molecular complexity index is 896. The van der Waals surface area contributed by atoms with Gasteiger partial charge in [0, 0.05) is 29.6 Å². The van der Waals surface area contributed by atoms with E-state index in [1.807, 2.05) is 30.6 Å². The summed E-state index contributed by atoms with van der Waals surface area (Å²) < 4.78 is 38.0. The lowest BCUT2D eigenvalue weighted by molar-refractivity contribution is -0.137. The van der Waals surface area contributed by atoms with Crippen molar-refractivity contribution >= 4 is 11.3 Å². The second-order valence-electron chi connectivity index (χ2n) is 6.30. The second kappa shape index (κ2) is 8.06. The monoisotopic (exact) mass is 388 g/mol. The zero-order valence-electron chi connectivity index (χ0n) is 14.8. The fourth-order valence-electron chi connectivity index (χ4n) is 2.72. The lowest BCUT2D eigenvalue weighted by Gasteiger charge is -2.14. The van der Waals surface area contributed by atoms with Gasteiger partial charge in [-0.3, -0.25) is 4.90 Å². The summed E-state index contributed by atoms with van der Waals surface area (Å²) in [5.74, 6) is 0. The molecule has 0 atom stereocenters. The Morgan fingerprint density at radius 2 is 1.67 bits per heavy atom. The molecule has 0 N–H and O–H groups in total. The van der Waals surface area contributed by atoms with Crippen molar-refractivity contribution in [2.45, 2.75) is 12.7 Å². The molecule has 3 rings (SSSR count). The van der Waals surface area contributed by atoms with Crippen molar-refractivity contribution in [3.63, 3.8) is 0 Å². The van der Waals surface area contributed by atoms with Gasteiger partial charge in [-0.05, 0) is 24.7 Å². The van der Waals surface area contributed by atoms with E-state index in [9.17, 15) is 13.2 Å². The van der Waals surface area contributed by atoms with Crippen molar-refractivity contribution in [1.29, 1.82) is 0 Å². The normalized spacial score (nSPS) is 11.7. The summed E-state index contributed by atoms with van der Waals surface area (Å²) in [6.07, 6.45) is -2.46. The minimum atomic E-state index is -4.33. The van der Waals surface area contributed by atoms with Crippen LogP contribution in [0.1, 0.15) is 11.1 Å². The van der Waals surface area contributed by atoms with Crippen LogP contribution in [0.3, 0.4) is 0 Å². The number of benzene rings is 2. The fourth-order valence-corrected chi connectivity index (χ4v) is 3.55. The SMILES string of the molecule is C=CCN(C)Cc1ccc(-c2csc(-c3ccc(C(F)(F)F)cc3)n2)cc1. The van der Waals surface area contributed by atoms with Crippen LogP contribution in [0.15, 0.2) is 66.6 Å². The predicted octanol–water partition coefficient (Wildman–Crippen LogP) is 6.11. The van der Waals surface area contributed by atoms with Gasteiger partial charge < -0.3 is 0 Å². The van der Waals surface area contributed by atoms with E-state index in [4.69, 9.17) is 0 Å². The Balaban J connectivity index is 1.74. The summed E-state index contributed by atoms with van der Waals surface area (Å²) in [4.78, 5) is 6.74. The number of halogens is 3. The maximum Gasteiger partial charge on any atom is 0.416 e. The molecule has 27 heavy (non-hydrogen) atoms. The number of rotatable bonds is 6. The van der Waals surface area contributed by atoms with Gasteiger partial charge in [-0.15, -0.1) is 17.9 Å². The van der Waals surface area contributed by atoms with E-state index in [-0.39, 0.29) is 0 Å². The minimum Gasteiger partial charge on any atom is -0.298 e. The van der Waals surface area contributed by atoms with Gasteiger partial charge in [0.2, 0.25) is 0 Å². The van der Waals surface area contributed by atoms with Crippen molar-refractivity contribution in [1.82, 2.24) is 9.88 Å². The van der Waals surface area contributed by atoms with Crippen LogP contribution in [0.2, 0.25) is 0 Å². The van der Waals surface area contributed by atoms with E-state index in [0.29, 0.717) is 10.6 Å². The van der Waals surface area contributed by atoms with Crippen molar-refractivity contribution < 1.29 is 13.2 Å². The summed E-state index contributed by atoms with van der Waals surface area (Å²) >= 11 is 1.42. The van der Waals surface area contributed by atoms with Gasteiger partial charge in [0.25, 0.3) is 0 Å². The highest BCUT2D eigenvalue weighted by atomic mass is 32.1. The maximum absolute atomic E-state index is 12.7. The number of thiazole rings is 1. The first-order chi connectivity index (χ1) is 12.9. The molecular formula is C21H19F3N2S. The van der Waals surface area contributed by atoms with Crippen molar-refractivity contribution in [2.75, 3.05) is 13.6 Å². The number of nitrogens with zero attached hydrogens (tertiary/aromatic N) is 2. The largest absolute Gasteiger partial charge is 0.416 e. The van der Waals surface area contributed by atoms with Crippen LogP contribution in [-0.2, 0) is 12.7 Å². The molecular weight excluding hydrogens is 369 g/mol. The number of hydrogen-bond acceptors (Lipinski definition) is 3. The molecule has 0 radical (unpaired) electrons. The molecule has 6 heteroatoms. The van der Waals surface area contributed by atoms with Crippen LogP contribution >= 0.6 is 11.3 Å². The standard InChI is InChI=1S/C21H19F3N2S/c1-3-12-26(2)13-15-4-6-16(7-5-15)19-14-27-20(25-19)17-8-10-18(11-9-17)21(22,23)24/h3-11,14H,1,12-13H2,2H3. The van der Waals surface area contributed by atoms with Crippen LogP contribution in [-0.4, -0.2) is 23.5 Å². The summed E-state index contributed by atoms with van der Waals surface area (Å²) in [7, 11) is 2.03. The summed E-state index contributed by atoms with van der Waals surface area (Å²) in [6.45, 7) is 5.39. The number of likely N-dealkylation sites (N-methyl/N-ethyl adjacent to an activating group) is 1. The van der Waals surface area contributed by atoms with Crippen molar-refractivity contribution in [2.24, 2.45) is 0 Å². The second-order valence-corrected chi connectivity index (χ2v) is 7.15. The highest BCUT2D eigenvalue weighted by Gasteiger charge is 2.30. The third-order valence-corrected chi connectivity index (χ3v) is 5.00. The van der Waals surface area contributed by atoms with Crippen LogP contribution < -0.4 is 0 Å². The highest BCUT2D eigenvalue weighted by Crippen LogP contribution is 2.33.